The molecular formula is C30H28N2O4. The minimum Gasteiger partial charge on any atom is -0.507 e. The quantitative estimate of drug-likeness (QED) is 0.197. The van der Waals surface area contributed by atoms with Crippen molar-refractivity contribution in [1.29, 1.82) is 0 Å². The summed E-state index contributed by atoms with van der Waals surface area (Å²) in [5, 5.41) is 12.3. The molecular weight excluding hydrogens is 452 g/mol. The topological polar surface area (TPSA) is 82.6 Å². The Morgan fingerprint density at radius 2 is 1.78 bits per heavy atom. The third kappa shape index (κ3) is 4.15. The van der Waals surface area contributed by atoms with E-state index in [1.165, 1.54) is 4.90 Å². The van der Waals surface area contributed by atoms with Crippen molar-refractivity contribution in [2.45, 2.75) is 26.8 Å². The normalized spacial score (nSPS) is 17.3. The highest BCUT2D eigenvalue weighted by atomic mass is 16.5. The van der Waals surface area contributed by atoms with Crippen molar-refractivity contribution in [3.8, 4) is 5.75 Å². The maximum absolute atomic E-state index is 13.4. The number of aliphatic hydroxyl groups is 1. The SMILES string of the molecule is Cc1cccc(N2C(=O)C(=O)/C(=C(\O)c3c[nH]c4ccccc34)C2c2ccc(OCC(C)C)cc2)c1. The van der Waals surface area contributed by atoms with Gasteiger partial charge in [-0.25, -0.2) is 0 Å². The molecule has 1 aliphatic rings. The molecule has 1 unspecified atom stereocenters. The molecule has 1 saturated heterocycles. The maximum Gasteiger partial charge on any atom is 0.300 e. The van der Waals surface area contributed by atoms with Crippen LogP contribution in [0, 0.1) is 12.8 Å². The zero-order chi connectivity index (χ0) is 25.4. The fourth-order valence-corrected chi connectivity index (χ4v) is 4.61. The number of fused-ring (bicyclic) bond motifs is 1. The van der Waals surface area contributed by atoms with Crippen molar-refractivity contribution in [2.24, 2.45) is 5.92 Å². The summed E-state index contributed by atoms with van der Waals surface area (Å²) in [7, 11) is 0. The maximum atomic E-state index is 13.4. The van der Waals surface area contributed by atoms with Gasteiger partial charge in [0.05, 0.1) is 18.2 Å². The fraction of sp³-hybridized carbons (Fsp3) is 0.200. The predicted octanol–water partition coefficient (Wildman–Crippen LogP) is 6.14. The second kappa shape index (κ2) is 9.38. The number of aryl methyl sites for hydroxylation is 1. The van der Waals surface area contributed by atoms with E-state index in [9.17, 15) is 14.7 Å². The molecule has 0 spiro atoms. The Bertz CT molecular complexity index is 1480. The average molecular weight is 481 g/mol. The number of aromatic nitrogens is 1. The monoisotopic (exact) mass is 480 g/mol. The van der Waals surface area contributed by atoms with Crippen LogP contribution < -0.4 is 9.64 Å². The predicted molar refractivity (Wildman–Crippen MR) is 141 cm³/mol. The molecule has 0 aliphatic carbocycles. The Labute approximate surface area is 209 Å². The zero-order valence-corrected chi connectivity index (χ0v) is 20.5. The van der Waals surface area contributed by atoms with Crippen LogP contribution >= 0.6 is 0 Å². The second-order valence-electron chi connectivity index (χ2n) is 9.53. The van der Waals surface area contributed by atoms with Crippen molar-refractivity contribution in [2.75, 3.05) is 11.5 Å². The van der Waals surface area contributed by atoms with Gasteiger partial charge < -0.3 is 14.8 Å². The van der Waals surface area contributed by atoms with Gasteiger partial charge in [-0.05, 0) is 54.3 Å². The van der Waals surface area contributed by atoms with E-state index < -0.39 is 17.7 Å². The van der Waals surface area contributed by atoms with Crippen molar-refractivity contribution in [3.63, 3.8) is 0 Å². The largest absolute Gasteiger partial charge is 0.507 e. The molecule has 2 heterocycles. The van der Waals surface area contributed by atoms with Crippen LogP contribution in [0.25, 0.3) is 16.7 Å². The summed E-state index contributed by atoms with van der Waals surface area (Å²) in [5.74, 6) is -0.506. The van der Waals surface area contributed by atoms with Crippen molar-refractivity contribution in [1.82, 2.24) is 4.98 Å². The first-order valence-electron chi connectivity index (χ1n) is 12.0. The summed E-state index contributed by atoms with van der Waals surface area (Å²) in [6.45, 7) is 6.67. The van der Waals surface area contributed by atoms with E-state index in [0.717, 1.165) is 16.5 Å². The number of carbonyl (C=O) groups is 2. The van der Waals surface area contributed by atoms with Gasteiger partial charge in [-0.1, -0.05) is 56.3 Å². The van der Waals surface area contributed by atoms with Gasteiger partial charge in [0.25, 0.3) is 11.7 Å². The van der Waals surface area contributed by atoms with Gasteiger partial charge in [-0.2, -0.15) is 0 Å². The van der Waals surface area contributed by atoms with E-state index in [-0.39, 0.29) is 11.3 Å². The number of Topliss-reactive ketones (excluding diaryl/α,β-unsaturated/α-hetero) is 1. The number of hydrogen-bond acceptors (Lipinski definition) is 4. The number of H-pyrrole nitrogens is 1. The lowest BCUT2D eigenvalue weighted by atomic mass is 9.95. The van der Waals surface area contributed by atoms with Crippen LogP contribution in [0.2, 0.25) is 0 Å². The van der Waals surface area contributed by atoms with Gasteiger partial charge in [0, 0.05) is 28.4 Å². The molecule has 1 aromatic heterocycles. The molecule has 1 atom stereocenters. The average Bonchev–Trinajstić information content (AvgIpc) is 3.42. The van der Waals surface area contributed by atoms with Gasteiger partial charge >= 0.3 is 0 Å². The zero-order valence-electron chi connectivity index (χ0n) is 20.5. The van der Waals surface area contributed by atoms with Crippen molar-refractivity contribution < 1.29 is 19.4 Å². The number of hydrogen-bond donors (Lipinski definition) is 2. The lowest BCUT2D eigenvalue weighted by molar-refractivity contribution is -0.132. The highest BCUT2D eigenvalue weighted by Crippen LogP contribution is 2.43. The van der Waals surface area contributed by atoms with Crippen LogP contribution in [0.1, 0.15) is 36.6 Å². The van der Waals surface area contributed by atoms with Crippen LogP contribution in [0.4, 0.5) is 5.69 Å². The van der Waals surface area contributed by atoms with E-state index in [0.29, 0.717) is 35.1 Å². The number of ether oxygens (including phenoxy) is 1. The molecule has 0 radical (unpaired) electrons. The summed E-state index contributed by atoms with van der Waals surface area (Å²) >= 11 is 0. The number of nitrogens with one attached hydrogen (secondary N) is 1. The summed E-state index contributed by atoms with van der Waals surface area (Å²) in [6, 6.07) is 21.5. The van der Waals surface area contributed by atoms with E-state index >= 15 is 0 Å². The van der Waals surface area contributed by atoms with Crippen LogP contribution in [0.15, 0.2) is 84.6 Å². The number of benzene rings is 3. The summed E-state index contributed by atoms with van der Waals surface area (Å²) in [5.41, 5.74) is 3.63. The standard InChI is InChI=1S/C30H28N2O4/c1-18(2)17-36-22-13-11-20(12-14-22)27-26(28(33)24-16-31-25-10-5-4-9-23(24)25)29(34)30(35)32(27)21-8-6-7-19(3)15-21/h4-16,18,27,31,33H,17H2,1-3H3/b28-26-. The van der Waals surface area contributed by atoms with E-state index in [1.54, 1.807) is 12.3 Å². The molecule has 5 rings (SSSR count). The number of amides is 1. The van der Waals surface area contributed by atoms with Crippen LogP contribution in [-0.2, 0) is 9.59 Å². The van der Waals surface area contributed by atoms with E-state index in [4.69, 9.17) is 4.74 Å². The molecule has 1 fully saturated rings. The minimum absolute atomic E-state index is 0.0575. The van der Waals surface area contributed by atoms with Crippen LogP contribution in [0.5, 0.6) is 5.75 Å². The highest BCUT2D eigenvalue weighted by Gasteiger charge is 2.47. The summed E-state index contributed by atoms with van der Waals surface area (Å²) in [4.78, 5) is 31.4. The lowest BCUT2D eigenvalue weighted by Crippen LogP contribution is -2.29. The van der Waals surface area contributed by atoms with Crippen LogP contribution in [0.3, 0.4) is 0 Å². The molecule has 1 aliphatic heterocycles. The smallest absolute Gasteiger partial charge is 0.300 e. The first kappa shape index (κ1) is 23.4. The number of aliphatic hydroxyl groups excluding tert-OH is 1. The number of aromatic amines is 1. The third-order valence-corrected chi connectivity index (χ3v) is 6.35. The molecule has 6 nitrogen and oxygen atoms in total. The number of nitrogens with zero attached hydrogens (tertiary/aromatic N) is 1. The molecule has 4 aromatic rings. The molecule has 2 N–H and O–H groups in total. The molecule has 1 amide bonds. The Kier molecular flexibility index (Phi) is 6.10. The number of anilines is 1. The molecule has 6 heteroatoms. The number of para-hydroxylation sites is 1. The number of rotatable bonds is 6. The summed E-state index contributed by atoms with van der Waals surface area (Å²) in [6.07, 6.45) is 1.67. The Hall–Kier alpha value is -4.32. The Morgan fingerprint density at radius 3 is 2.50 bits per heavy atom. The second-order valence-corrected chi connectivity index (χ2v) is 9.53. The van der Waals surface area contributed by atoms with E-state index in [1.807, 2.05) is 73.7 Å². The summed E-state index contributed by atoms with van der Waals surface area (Å²) < 4.78 is 5.82. The molecule has 36 heavy (non-hydrogen) atoms. The molecule has 182 valence electrons. The van der Waals surface area contributed by atoms with Crippen molar-refractivity contribution in [3.05, 3.63) is 101 Å². The van der Waals surface area contributed by atoms with Gasteiger partial charge in [0.2, 0.25) is 0 Å². The Morgan fingerprint density at radius 1 is 1.03 bits per heavy atom. The minimum atomic E-state index is -0.792. The van der Waals surface area contributed by atoms with Gasteiger partial charge in [-0.3, -0.25) is 14.5 Å². The fourth-order valence-electron chi connectivity index (χ4n) is 4.61. The van der Waals surface area contributed by atoms with Gasteiger partial charge in [-0.15, -0.1) is 0 Å². The van der Waals surface area contributed by atoms with Crippen LogP contribution in [-0.4, -0.2) is 28.4 Å². The highest BCUT2D eigenvalue weighted by molar-refractivity contribution is 6.51. The van der Waals surface area contributed by atoms with E-state index in [2.05, 4.69) is 18.8 Å². The van der Waals surface area contributed by atoms with Crippen molar-refractivity contribution >= 4 is 34.0 Å². The third-order valence-electron chi connectivity index (χ3n) is 6.35. The molecule has 0 bridgehead atoms. The first-order chi connectivity index (χ1) is 17.3. The van der Waals surface area contributed by atoms with Gasteiger partial charge in [0.15, 0.2) is 0 Å². The Balaban J connectivity index is 1.67. The first-order valence-corrected chi connectivity index (χ1v) is 12.0. The number of carbonyl (C=O) groups excluding carboxylic acids is 2. The number of ketones is 1. The lowest BCUT2D eigenvalue weighted by Gasteiger charge is -2.26. The molecule has 3 aromatic carbocycles. The molecule has 0 saturated carbocycles. The van der Waals surface area contributed by atoms with Gasteiger partial charge in [0.1, 0.15) is 11.5 Å².